The number of rotatable bonds is 6. The maximum absolute atomic E-state index is 12.8. The molecule has 1 aliphatic heterocycles. The molecule has 0 bridgehead atoms. The van der Waals surface area contributed by atoms with E-state index in [4.69, 9.17) is 0 Å². The van der Waals surface area contributed by atoms with E-state index in [2.05, 4.69) is 20.6 Å². The minimum Gasteiger partial charge on any atom is -0.358 e. The summed E-state index contributed by atoms with van der Waals surface area (Å²) in [6.45, 7) is 6.86. The minimum absolute atomic E-state index is 0.190. The molecule has 1 amide bonds. The molecule has 0 saturated carbocycles. The van der Waals surface area contributed by atoms with Crippen LogP contribution in [0, 0.1) is 13.8 Å². The molecule has 1 aromatic carbocycles. The van der Waals surface area contributed by atoms with Gasteiger partial charge in [0, 0.05) is 23.7 Å². The summed E-state index contributed by atoms with van der Waals surface area (Å²) >= 11 is 1.59. The molecule has 0 unspecified atom stereocenters. The third kappa shape index (κ3) is 4.28. The second kappa shape index (κ2) is 8.52. The number of benzene rings is 1. The largest absolute Gasteiger partial charge is 0.358 e. The average molecular weight is 460 g/mol. The standard InChI is InChI=1S/C21H25N5O3S2/c1-13-15(3)30-21-18(13)19(22-12-23-21)24-14(2)20(27)25-16-7-6-8-17(11-16)31(28,29)26-9-4-5-10-26/h6-8,11-12,14H,4-5,9-10H2,1-3H3,(H,25,27)(H,22,23,24)/t14-/m0/s1. The fourth-order valence-electron chi connectivity index (χ4n) is 3.62. The SMILES string of the molecule is Cc1sc2ncnc(N[C@@H](C)C(=O)Nc3cccc(S(=O)(=O)N4CCCC4)c3)c2c1C. The quantitative estimate of drug-likeness (QED) is 0.584. The number of amides is 1. The molecule has 1 atom stereocenters. The summed E-state index contributed by atoms with van der Waals surface area (Å²) in [4.78, 5) is 23.6. The monoisotopic (exact) mass is 459 g/mol. The van der Waals surface area contributed by atoms with Crippen molar-refractivity contribution in [2.75, 3.05) is 23.7 Å². The van der Waals surface area contributed by atoms with Gasteiger partial charge in [0.25, 0.3) is 0 Å². The molecule has 0 spiro atoms. The molecule has 164 valence electrons. The Bertz CT molecular complexity index is 1230. The summed E-state index contributed by atoms with van der Waals surface area (Å²) in [5.74, 6) is 0.326. The topological polar surface area (TPSA) is 104 Å². The Morgan fingerprint density at radius 3 is 2.68 bits per heavy atom. The van der Waals surface area contributed by atoms with Crippen molar-refractivity contribution in [1.29, 1.82) is 0 Å². The van der Waals surface area contributed by atoms with Crippen LogP contribution in [-0.4, -0.2) is 47.7 Å². The lowest BCUT2D eigenvalue weighted by Gasteiger charge is -2.17. The molecule has 0 radical (unpaired) electrons. The van der Waals surface area contributed by atoms with Gasteiger partial charge in [-0.3, -0.25) is 4.79 Å². The van der Waals surface area contributed by atoms with Crippen molar-refractivity contribution in [1.82, 2.24) is 14.3 Å². The average Bonchev–Trinajstić information content (AvgIpc) is 3.38. The highest BCUT2D eigenvalue weighted by atomic mass is 32.2. The number of thiophene rings is 1. The van der Waals surface area contributed by atoms with E-state index in [0.717, 1.165) is 33.5 Å². The second-order valence-corrected chi connectivity index (χ2v) is 10.8. The summed E-state index contributed by atoms with van der Waals surface area (Å²) in [5.41, 5.74) is 1.53. The van der Waals surface area contributed by atoms with E-state index < -0.39 is 16.1 Å². The Kier molecular flexibility index (Phi) is 5.96. The van der Waals surface area contributed by atoms with Gasteiger partial charge in [-0.2, -0.15) is 4.31 Å². The lowest BCUT2D eigenvalue weighted by Crippen LogP contribution is -2.32. The maximum atomic E-state index is 12.8. The predicted molar refractivity (Wildman–Crippen MR) is 123 cm³/mol. The number of anilines is 2. The molecule has 1 saturated heterocycles. The van der Waals surface area contributed by atoms with Gasteiger partial charge in [0.1, 0.15) is 23.0 Å². The second-order valence-electron chi connectivity index (χ2n) is 7.68. The lowest BCUT2D eigenvalue weighted by atomic mass is 10.2. The highest BCUT2D eigenvalue weighted by Crippen LogP contribution is 2.32. The summed E-state index contributed by atoms with van der Waals surface area (Å²) < 4.78 is 27.1. The van der Waals surface area contributed by atoms with Crippen LogP contribution in [-0.2, 0) is 14.8 Å². The van der Waals surface area contributed by atoms with Crippen LogP contribution in [0.5, 0.6) is 0 Å². The number of aryl methyl sites for hydroxylation is 2. The van der Waals surface area contributed by atoms with Crippen molar-refractivity contribution in [3.8, 4) is 0 Å². The number of fused-ring (bicyclic) bond motifs is 1. The Balaban J connectivity index is 1.50. The van der Waals surface area contributed by atoms with Crippen molar-refractivity contribution in [2.24, 2.45) is 0 Å². The van der Waals surface area contributed by atoms with Crippen molar-refractivity contribution < 1.29 is 13.2 Å². The Hall–Kier alpha value is -2.56. The molecular weight excluding hydrogens is 434 g/mol. The molecule has 1 fully saturated rings. The molecule has 31 heavy (non-hydrogen) atoms. The van der Waals surface area contributed by atoms with Gasteiger partial charge in [-0.05, 0) is 57.4 Å². The summed E-state index contributed by atoms with van der Waals surface area (Å²) in [5, 5.41) is 6.89. The fourth-order valence-corrected chi connectivity index (χ4v) is 6.19. The lowest BCUT2D eigenvalue weighted by molar-refractivity contribution is -0.116. The van der Waals surface area contributed by atoms with E-state index >= 15 is 0 Å². The van der Waals surface area contributed by atoms with Gasteiger partial charge < -0.3 is 10.6 Å². The first-order valence-electron chi connectivity index (χ1n) is 10.2. The molecule has 10 heteroatoms. The Morgan fingerprint density at radius 2 is 1.94 bits per heavy atom. The molecule has 2 aromatic heterocycles. The van der Waals surface area contributed by atoms with Gasteiger partial charge in [-0.25, -0.2) is 18.4 Å². The normalized spacial score (nSPS) is 15.8. The molecule has 8 nitrogen and oxygen atoms in total. The highest BCUT2D eigenvalue weighted by molar-refractivity contribution is 7.89. The number of carbonyl (C=O) groups excluding carboxylic acids is 1. The van der Waals surface area contributed by atoms with Crippen LogP contribution < -0.4 is 10.6 Å². The zero-order chi connectivity index (χ0) is 22.2. The van der Waals surface area contributed by atoms with Crippen LogP contribution in [0.15, 0.2) is 35.5 Å². The molecule has 2 N–H and O–H groups in total. The van der Waals surface area contributed by atoms with Crippen molar-refractivity contribution in [3.63, 3.8) is 0 Å². The Morgan fingerprint density at radius 1 is 1.19 bits per heavy atom. The number of nitrogens with one attached hydrogen (secondary N) is 2. The number of nitrogens with zero attached hydrogens (tertiary/aromatic N) is 3. The number of carbonyl (C=O) groups is 1. The third-order valence-corrected chi connectivity index (χ3v) is 8.53. The minimum atomic E-state index is -3.54. The van der Waals surface area contributed by atoms with Crippen molar-refractivity contribution in [3.05, 3.63) is 41.0 Å². The number of aromatic nitrogens is 2. The molecule has 3 aromatic rings. The number of hydrogen-bond donors (Lipinski definition) is 2. The van der Waals surface area contributed by atoms with E-state index in [9.17, 15) is 13.2 Å². The van der Waals surface area contributed by atoms with Gasteiger partial charge in [0.05, 0.1) is 10.3 Å². The number of sulfonamides is 1. The zero-order valence-electron chi connectivity index (χ0n) is 17.7. The van der Waals surface area contributed by atoms with Gasteiger partial charge in [-0.15, -0.1) is 11.3 Å². The first-order chi connectivity index (χ1) is 14.8. The number of hydrogen-bond acceptors (Lipinski definition) is 7. The zero-order valence-corrected chi connectivity index (χ0v) is 19.3. The van der Waals surface area contributed by atoms with E-state index in [1.165, 1.54) is 16.7 Å². The molecule has 1 aliphatic rings. The van der Waals surface area contributed by atoms with Crippen LogP contribution in [0.1, 0.15) is 30.2 Å². The van der Waals surface area contributed by atoms with E-state index in [-0.39, 0.29) is 10.8 Å². The van der Waals surface area contributed by atoms with Crippen LogP contribution in [0.4, 0.5) is 11.5 Å². The van der Waals surface area contributed by atoms with Crippen LogP contribution >= 0.6 is 11.3 Å². The molecule has 0 aliphatic carbocycles. The third-order valence-electron chi connectivity index (χ3n) is 5.52. The van der Waals surface area contributed by atoms with Crippen molar-refractivity contribution >= 4 is 49.0 Å². The van der Waals surface area contributed by atoms with Crippen LogP contribution in [0.2, 0.25) is 0 Å². The molecule has 3 heterocycles. The van der Waals surface area contributed by atoms with Gasteiger partial charge in [-0.1, -0.05) is 6.07 Å². The highest BCUT2D eigenvalue weighted by Gasteiger charge is 2.27. The summed E-state index contributed by atoms with van der Waals surface area (Å²) in [6.07, 6.45) is 3.23. The van der Waals surface area contributed by atoms with Crippen molar-refractivity contribution in [2.45, 2.75) is 44.6 Å². The maximum Gasteiger partial charge on any atom is 0.246 e. The van der Waals surface area contributed by atoms with Gasteiger partial charge in [0.15, 0.2) is 0 Å². The molecule has 4 rings (SSSR count). The van der Waals surface area contributed by atoms with Crippen LogP contribution in [0.25, 0.3) is 10.2 Å². The molecular formula is C21H25N5O3S2. The van der Waals surface area contributed by atoms with E-state index in [1.807, 2.05) is 13.8 Å². The van der Waals surface area contributed by atoms with E-state index in [0.29, 0.717) is 24.6 Å². The smallest absolute Gasteiger partial charge is 0.246 e. The first kappa shape index (κ1) is 21.7. The fraction of sp³-hybridized carbons (Fsp3) is 0.381. The Labute approximate surface area is 185 Å². The van der Waals surface area contributed by atoms with Gasteiger partial charge in [0.2, 0.25) is 15.9 Å². The summed E-state index contributed by atoms with van der Waals surface area (Å²) in [6, 6.07) is 5.81. The van der Waals surface area contributed by atoms with E-state index in [1.54, 1.807) is 36.5 Å². The van der Waals surface area contributed by atoms with Crippen LogP contribution in [0.3, 0.4) is 0 Å². The first-order valence-corrected chi connectivity index (χ1v) is 12.4. The summed E-state index contributed by atoms with van der Waals surface area (Å²) in [7, 11) is -3.54. The van der Waals surface area contributed by atoms with Gasteiger partial charge >= 0.3 is 0 Å². The predicted octanol–water partition coefficient (Wildman–Crippen LogP) is 3.53.